The average molecular weight is 290 g/mol. The van der Waals surface area contributed by atoms with Crippen LogP contribution in [0, 0.1) is 11.6 Å². The molecule has 0 bridgehead atoms. The fourth-order valence-corrected chi connectivity index (χ4v) is 1.85. The number of anilines is 3. The zero-order valence-electron chi connectivity index (χ0n) is 11.6. The third-order valence-corrected chi connectivity index (χ3v) is 2.88. The number of hydrogen-bond donors (Lipinski definition) is 2. The number of carbonyl (C=O) groups is 1. The van der Waals surface area contributed by atoms with E-state index < -0.39 is 11.6 Å². The van der Waals surface area contributed by atoms with Crippen LogP contribution in [0.3, 0.4) is 0 Å². The summed E-state index contributed by atoms with van der Waals surface area (Å²) in [5.74, 6) is -1.37. The van der Waals surface area contributed by atoms with Crippen LogP contribution in [0.1, 0.15) is 19.8 Å². The Balaban J connectivity index is 2.07. The molecule has 0 spiro atoms. The summed E-state index contributed by atoms with van der Waals surface area (Å²) in [6, 6.07) is 10.3. The minimum absolute atomic E-state index is 0.0571. The molecule has 0 unspecified atom stereocenters. The molecule has 0 saturated heterocycles. The number of rotatable bonds is 5. The molecule has 2 rings (SSSR count). The van der Waals surface area contributed by atoms with Gasteiger partial charge < -0.3 is 10.6 Å². The number of amides is 1. The minimum atomic E-state index is -0.657. The molecule has 0 aliphatic carbocycles. The van der Waals surface area contributed by atoms with E-state index in [1.165, 1.54) is 18.2 Å². The quantitative estimate of drug-likeness (QED) is 0.854. The predicted molar refractivity (Wildman–Crippen MR) is 79.6 cm³/mol. The van der Waals surface area contributed by atoms with Gasteiger partial charge in [0.1, 0.15) is 17.3 Å². The SMILES string of the molecule is CCCC(=O)Nc1ccc(Nc2c(F)cccc2F)cc1. The van der Waals surface area contributed by atoms with Gasteiger partial charge in [0.15, 0.2) is 0 Å². The smallest absolute Gasteiger partial charge is 0.224 e. The van der Waals surface area contributed by atoms with Crippen LogP contribution < -0.4 is 10.6 Å². The number of para-hydroxylation sites is 1. The van der Waals surface area contributed by atoms with Gasteiger partial charge in [-0.05, 0) is 42.8 Å². The van der Waals surface area contributed by atoms with Crippen molar-refractivity contribution in [2.75, 3.05) is 10.6 Å². The van der Waals surface area contributed by atoms with Gasteiger partial charge in [-0.1, -0.05) is 13.0 Å². The molecule has 0 aliphatic rings. The topological polar surface area (TPSA) is 41.1 Å². The fourth-order valence-electron chi connectivity index (χ4n) is 1.85. The van der Waals surface area contributed by atoms with Crippen molar-refractivity contribution in [3.63, 3.8) is 0 Å². The molecule has 2 N–H and O–H groups in total. The summed E-state index contributed by atoms with van der Waals surface area (Å²) < 4.78 is 27.0. The van der Waals surface area contributed by atoms with Crippen LogP contribution in [-0.2, 0) is 4.79 Å². The van der Waals surface area contributed by atoms with Crippen molar-refractivity contribution in [2.24, 2.45) is 0 Å². The molecule has 0 saturated carbocycles. The average Bonchev–Trinajstić information content (AvgIpc) is 2.45. The maximum absolute atomic E-state index is 13.5. The van der Waals surface area contributed by atoms with E-state index >= 15 is 0 Å². The van der Waals surface area contributed by atoms with E-state index in [0.717, 1.165) is 6.42 Å². The van der Waals surface area contributed by atoms with Crippen molar-refractivity contribution in [1.29, 1.82) is 0 Å². The third-order valence-electron chi connectivity index (χ3n) is 2.88. The largest absolute Gasteiger partial charge is 0.351 e. The Hall–Kier alpha value is -2.43. The second-order valence-corrected chi connectivity index (χ2v) is 4.60. The third kappa shape index (κ3) is 4.02. The lowest BCUT2D eigenvalue weighted by atomic mass is 10.2. The Kier molecular flexibility index (Phi) is 4.87. The van der Waals surface area contributed by atoms with Gasteiger partial charge in [0.25, 0.3) is 0 Å². The minimum Gasteiger partial charge on any atom is -0.351 e. The highest BCUT2D eigenvalue weighted by Gasteiger charge is 2.08. The van der Waals surface area contributed by atoms with Crippen molar-refractivity contribution in [2.45, 2.75) is 19.8 Å². The van der Waals surface area contributed by atoms with E-state index in [4.69, 9.17) is 0 Å². The lowest BCUT2D eigenvalue weighted by molar-refractivity contribution is -0.116. The zero-order chi connectivity index (χ0) is 15.2. The molecule has 21 heavy (non-hydrogen) atoms. The van der Waals surface area contributed by atoms with Crippen molar-refractivity contribution in [1.82, 2.24) is 0 Å². The summed E-state index contributed by atoms with van der Waals surface area (Å²) in [7, 11) is 0. The molecular formula is C16H16F2N2O. The van der Waals surface area contributed by atoms with E-state index in [9.17, 15) is 13.6 Å². The Morgan fingerprint density at radius 1 is 1.00 bits per heavy atom. The number of halogens is 2. The van der Waals surface area contributed by atoms with Gasteiger partial charge in [-0.25, -0.2) is 8.78 Å². The van der Waals surface area contributed by atoms with Crippen LogP contribution >= 0.6 is 0 Å². The van der Waals surface area contributed by atoms with Crippen LogP contribution in [0.5, 0.6) is 0 Å². The highest BCUT2D eigenvalue weighted by molar-refractivity contribution is 5.90. The normalized spacial score (nSPS) is 10.2. The number of hydrogen-bond acceptors (Lipinski definition) is 2. The van der Waals surface area contributed by atoms with Crippen molar-refractivity contribution >= 4 is 23.0 Å². The molecule has 2 aromatic rings. The second-order valence-electron chi connectivity index (χ2n) is 4.60. The lowest BCUT2D eigenvalue weighted by Gasteiger charge is -2.10. The van der Waals surface area contributed by atoms with Gasteiger partial charge in [0.2, 0.25) is 5.91 Å². The van der Waals surface area contributed by atoms with Gasteiger partial charge in [-0.2, -0.15) is 0 Å². The Labute approximate surface area is 122 Å². The van der Waals surface area contributed by atoms with Gasteiger partial charge in [0.05, 0.1) is 0 Å². The number of benzene rings is 2. The molecule has 110 valence electrons. The van der Waals surface area contributed by atoms with Crippen LogP contribution in [0.4, 0.5) is 25.8 Å². The van der Waals surface area contributed by atoms with Crippen molar-refractivity contribution in [3.8, 4) is 0 Å². The molecule has 3 nitrogen and oxygen atoms in total. The Bertz CT molecular complexity index is 606. The van der Waals surface area contributed by atoms with Gasteiger partial charge in [0, 0.05) is 17.8 Å². The number of carbonyl (C=O) groups excluding carboxylic acids is 1. The fraction of sp³-hybridized carbons (Fsp3) is 0.188. The first-order valence-corrected chi connectivity index (χ1v) is 6.71. The first-order chi connectivity index (χ1) is 10.1. The summed E-state index contributed by atoms with van der Waals surface area (Å²) in [4.78, 5) is 11.5. The Morgan fingerprint density at radius 2 is 1.57 bits per heavy atom. The van der Waals surface area contributed by atoms with Crippen LogP contribution in [-0.4, -0.2) is 5.91 Å². The molecule has 0 aliphatic heterocycles. The summed E-state index contributed by atoms with van der Waals surface area (Å²) in [5, 5.41) is 5.43. The molecule has 0 radical (unpaired) electrons. The van der Waals surface area contributed by atoms with Crippen LogP contribution in [0.15, 0.2) is 42.5 Å². The molecule has 0 atom stereocenters. The highest BCUT2D eigenvalue weighted by Crippen LogP contribution is 2.24. The summed E-state index contributed by atoms with van der Waals surface area (Å²) >= 11 is 0. The summed E-state index contributed by atoms with van der Waals surface area (Å²) in [5.41, 5.74) is 0.987. The highest BCUT2D eigenvalue weighted by atomic mass is 19.1. The monoisotopic (exact) mass is 290 g/mol. The van der Waals surface area contributed by atoms with E-state index in [-0.39, 0.29) is 11.6 Å². The lowest BCUT2D eigenvalue weighted by Crippen LogP contribution is -2.10. The van der Waals surface area contributed by atoms with E-state index in [1.54, 1.807) is 24.3 Å². The molecule has 2 aromatic carbocycles. The zero-order valence-corrected chi connectivity index (χ0v) is 11.6. The molecule has 0 aromatic heterocycles. The molecule has 0 heterocycles. The van der Waals surface area contributed by atoms with Crippen LogP contribution in [0.25, 0.3) is 0 Å². The van der Waals surface area contributed by atoms with E-state index in [0.29, 0.717) is 17.8 Å². The maximum Gasteiger partial charge on any atom is 0.224 e. The van der Waals surface area contributed by atoms with Gasteiger partial charge in [-0.3, -0.25) is 4.79 Å². The molecule has 1 amide bonds. The van der Waals surface area contributed by atoms with Gasteiger partial charge >= 0.3 is 0 Å². The number of nitrogens with one attached hydrogen (secondary N) is 2. The first kappa shape index (κ1) is 15.0. The standard InChI is InChI=1S/C16H16F2N2O/c1-2-4-15(21)19-11-7-9-12(10-8-11)20-16-13(17)5-3-6-14(16)18/h3,5-10,20H,2,4H2,1H3,(H,19,21). The van der Waals surface area contributed by atoms with Crippen LogP contribution in [0.2, 0.25) is 0 Å². The van der Waals surface area contributed by atoms with Crippen molar-refractivity contribution < 1.29 is 13.6 Å². The van der Waals surface area contributed by atoms with Gasteiger partial charge in [-0.15, -0.1) is 0 Å². The molecule has 5 heteroatoms. The van der Waals surface area contributed by atoms with Crippen molar-refractivity contribution in [3.05, 3.63) is 54.1 Å². The van der Waals surface area contributed by atoms with E-state index in [1.807, 2.05) is 6.92 Å². The maximum atomic E-state index is 13.5. The molecular weight excluding hydrogens is 274 g/mol. The molecule has 0 fully saturated rings. The first-order valence-electron chi connectivity index (χ1n) is 6.71. The predicted octanol–water partition coefficient (Wildman–Crippen LogP) is 4.45. The summed E-state index contributed by atoms with van der Waals surface area (Å²) in [6.07, 6.45) is 1.23. The van der Waals surface area contributed by atoms with E-state index in [2.05, 4.69) is 10.6 Å². The Morgan fingerprint density at radius 3 is 2.14 bits per heavy atom. The summed E-state index contributed by atoms with van der Waals surface area (Å²) in [6.45, 7) is 1.93. The second kappa shape index (κ2) is 6.83.